The first-order chi connectivity index (χ1) is 12.0. The number of carbonyl (C=O) groups is 1. The third-order valence-electron chi connectivity index (χ3n) is 3.86. The van der Waals surface area contributed by atoms with Gasteiger partial charge in [-0.05, 0) is 18.2 Å². The maximum atomic E-state index is 13.2. The summed E-state index contributed by atoms with van der Waals surface area (Å²) in [6.07, 6.45) is -9.53. The number of benzene rings is 1. The quantitative estimate of drug-likeness (QED) is 0.587. The Morgan fingerprint density at radius 1 is 1.12 bits per heavy atom. The number of aromatic nitrogens is 2. The van der Waals surface area contributed by atoms with Crippen LogP contribution in [-0.4, -0.2) is 29.4 Å². The SMILES string of the molecule is COC(=O)c1c(C(F)(F)F)nn2c1N(c1cccc(C(F)(F)F)c1)CC2. The maximum Gasteiger partial charge on any atom is 0.436 e. The normalized spacial score (nSPS) is 14.5. The second-order valence-electron chi connectivity index (χ2n) is 5.46. The third-order valence-corrected chi connectivity index (χ3v) is 3.86. The van der Waals surface area contributed by atoms with Crippen LogP contribution in [0, 0.1) is 0 Å². The van der Waals surface area contributed by atoms with Crippen LogP contribution in [-0.2, 0) is 23.6 Å². The van der Waals surface area contributed by atoms with E-state index < -0.39 is 35.1 Å². The predicted octanol–water partition coefficient (Wildman–Crippen LogP) is 3.86. The molecule has 0 amide bonds. The molecule has 0 bridgehead atoms. The topological polar surface area (TPSA) is 47.4 Å². The number of halogens is 6. The summed E-state index contributed by atoms with van der Waals surface area (Å²) < 4.78 is 83.7. The van der Waals surface area contributed by atoms with Crippen molar-refractivity contribution in [1.29, 1.82) is 0 Å². The number of carbonyl (C=O) groups excluding carboxylic acids is 1. The zero-order valence-electron chi connectivity index (χ0n) is 13.1. The summed E-state index contributed by atoms with van der Waals surface area (Å²) in [5.74, 6) is -1.51. The van der Waals surface area contributed by atoms with Crippen LogP contribution < -0.4 is 4.90 Å². The minimum atomic E-state index is -4.92. The van der Waals surface area contributed by atoms with Crippen LogP contribution in [0.2, 0.25) is 0 Å². The molecule has 0 unspecified atom stereocenters. The number of alkyl halides is 6. The van der Waals surface area contributed by atoms with Crippen LogP contribution in [0.5, 0.6) is 0 Å². The fourth-order valence-corrected chi connectivity index (χ4v) is 2.77. The van der Waals surface area contributed by atoms with Crippen molar-refractivity contribution in [2.75, 3.05) is 18.6 Å². The van der Waals surface area contributed by atoms with E-state index in [1.54, 1.807) is 0 Å². The van der Waals surface area contributed by atoms with Gasteiger partial charge in [0, 0.05) is 12.2 Å². The second-order valence-corrected chi connectivity index (χ2v) is 5.46. The van der Waals surface area contributed by atoms with E-state index in [4.69, 9.17) is 0 Å². The van der Waals surface area contributed by atoms with Crippen molar-refractivity contribution in [2.45, 2.75) is 18.9 Å². The fourth-order valence-electron chi connectivity index (χ4n) is 2.77. The highest BCUT2D eigenvalue weighted by atomic mass is 19.4. The molecule has 0 spiro atoms. The molecular formula is C15H11F6N3O2. The van der Waals surface area contributed by atoms with Gasteiger partial charge in [0.05, 0.1) is 19.2 Å². The summed E-state index contributed by atoms with van der Waals surface area (Å²) in [4.78, 5) is 13.1. The minimum Gasteiger partial charge on any atom is -0.465 e. The molecule has 1 aliphatic rings. The Morgan fingerprint density at radius 3 is 2.38 bits per heavy atom. The largest absolute Gasteiger partial charge is 0.465 e. The molecule has 0 atom stereocenters. The third kappa shape index (κ3) is 2.97. The van der Waals surface area contributed by atoms with Crippen molar-refractivity contribution < 1.29 is 35.9 Å². The van der Waals surface area contributed by atoms with Crippen LogP contribution in [0.4, 0.5) is 37.8 Å². The van der Waals surface area contributed by atoms with E-state index in [0.717, 1.165) is 30.0 Å². The summed E-state index contributed by atoms with van der Waals surface area (Å²) in [6, 6.07) is 4.10. The van der Waals surface area contributed by atoms with Crippen molar-refractivity contribution in [1.82, 2.24) is 9.78 Å². The molecule has 26 heavy (non-hydrogen) atoms. The number of anilines is 2. The minimum absolute atomic E-state index is 0.00245. The van der Waals surface area contributed by atoms with E-state index in [1.165, 1.54) is 11.0 Å². The molecule has 0 radical (unpaired) electrons. The van der Waals surface area contributed by atoms with Gasteiger partial charge in [0.2, 0.25) is 0 Å². The first-order valence-corrected chi connectivity index (χ1v) is 7.25. The van der Waals surface area contributed by atoms with E-state index in [-0.39, 0.29) is 24.6 Å². The molecule has 11 heteroatoms. The highest BCUT2D eigenvalue weighted by Gasteiger charge is 2.45. The number of nitrogens with zero attached hydrogens (tertiary/aromatic N) is 3. The summed E-state index contributed by atoms with van der Waals surface area (Å²) >= 11 is 0. The molecule has 1 aromatic carbocycles. The average molecular weight is 379 g/mol. The lowest BCUT2D eigenvalue weighted by Crippen LogP contribution is -2.20. The molecule has 2 aromatic rings. The maximum absolute atomic E-state index is 13.2. The molecule has 0 aliphatic carbocycles. The van der Waals surface area contributed by atoms with Gasteiger partial charge in [0.1, 0.15) is 11.4 Å². The lowest BCUT2D eigenvalue weighted by Gasteiger charge is -2.20. The van der Waals surface area contributed by atoms with E-state index in [1.807, 2.05) is 0 Å². The molecule has 2 heterocycles. The van der Waals surface area contributed by atoms with Crippen molar-refractivity contribution in [3.05, 3.63) is 41.1 Å². The summed E-state index contributed by atoms with van der Waals surface area (Å²) in [5, 5.41) is 3.40. The van der Waals surface area contributed by atoms with E-state index in [2.05, 4.69) is 9.84 Å². The highest BCUT2D eigenvalue weighted by Crippen LogP contribution is 2.42. The van der Waals surface area contributed by atoms with Crippen molar-refractivity contribution in [3.8, 4) is 0 Å². The van der Waals surface area contributed by atoms with Crippen molar-refractivity contribution in [3.63, 3.8) is 0 Å². The predicted molar refractivity (Wildman–Crippen MR) is 77.0 cm³/mol. The van der Waals surface area contributed by atoms with Crippen LogP contribution in [0.1, 0.15) is 21.6 Å². The zero-order valence-corrected chi connectivity index (χ0v) is 13.1. The molecule has 5 nitrogen and oxygen atoms in total. The Labute approximate surface area is 142 Å². The van der Waals surface area contributed by atoms with Crippen molar-refractivity contribution in [2.24, 2.45) is 0 Å². The number of hydrogen-bond acceptors (Lipinski definition) is 4. The first-order valence-electron chi connectivity index (χ1n) is 7.25. The molecule has 0 saturated carbocycles. The lowest BCUT2D eigenvalue weighted by atomic mass is 10.1. The number of fused-ring (bicyclic) bond motifs is 1. The van der Waals surface area contributed by atoms with Crippen LogP contribution in [0.25, 0.3) is 0 Å². The van der Waals surface area contributed by atoms with Crippen molar-refractivity contribution >= 4 is 17.5 Å². The Balaban J connectivity index is 2.15. The monoisotopic (exact) mass is 379 g/mol. The zero-order chi connectivity index (χ0) is 19.3. The Bertz CT molecular complexity index is 856. The van der Waals surface area contributed by atoms with Gasteiger partial charge in [-0.3, -0.25) is 0 Å². The Kier molecular flexibility index (Phi) is 4.12. The molecule has 0 N–H and O–H groups in total. The lowest BCUT2D eigenvalue weighted by molar-refractivity contribution is -0.142. The number of ether oxygens (including phenoxy) is 1. The van der Waals surface area contributed by atoms with E-state index in [0.29, 0.717) is 0 Å². The van der Waals surface area contributed by atoms with E-state index >= 15 is 0 Å². The van der Waals surface area contributed by atoms with Gasteiger partial charge in [0.15, 0.2) is 5.69 Å². The molecule has 1 aromatic heterocycles. The van der Waals surface area contributed by atoms with Crippen LogP contribution in [0.15, 0.2) is 24.3 Å². The highest BCUT2D eigenvalue weighted by molar-refractivity contribution is 5.98. The van der Waals surface area contributed by atoms with E-state index in [9.17, 15) is 31.1 Å². The Morgan fingerprint density at radius 2 is 1.81 bits per heavy atom. The van der Waals surface area contributed by atoms with Gasteiger partial charge in [-0.15, -0.1) is 0 Å². The van der Waals surface area contributed by atoms with Gasteiger partial charge in [-0.25, -0.2) is 9.48 Å². The molecule has 1 aliphatic heterocycles. The van der Waals surface area contributed by atoms with Gasteiger partial charge in [-0.2, -0.15) is 31.4 Å². The summed E-state index contributed by atoms with van der Waals surface area (Å²) in [5.41, 5.74) is -3.22. The number of esters is 1. The number of methoxy groups -OCH3 is 1. The molecule has 0 saturated heterocycles. The van der Waals surface area contributed by atoms with Gasteiger partial charge < -0.3 is 9.64 Å². The average Bonchev–Trinajstić information content (AvgIpc) is 3.12. The van der Waals surface area contributed by atoms with Gasteiger partial charge >= 0.3 is 18.3 Å². The standard InChI is InChI=1S/C15H11F6N3O2/c1-26-13(25)10-11(15(19,20)21)22-24-6-5-23(12(10)24)9-4-2-3-8(7-9)14(16,17)18/h2-4,7H,5-6H2,1H3. The fraction of sp³-hybridized carbons (Fsp3) is 0.333. The van der Waals surface area contributed by atoms with Gasteiger partial charge in [-0.1, -0.05) is 6.07 Å². The smallest absolute Gasteiger partial charge is 0.436 e. The molecule has 0 fully saturated rings. The first kappa shape index (κ1) is 18.1. The molecule has 140 valence electrons. The second kappa shape index (κ2) is 5.92. The molecule has 3 rings (SSSR count). The number of hydrogen-bond donors (Lipinski definition) is 0. The van der Waals surface area contributed by atoms with Gasteiger partial charge in [0.25, 0.3) is 0 Å². The summed E-state index contributed by atoms with van der Waals surface area (Å²) in [7, 11) is 0.913. The molecular weight excluding hydrogens is 368 g/mol. The van der Waals surface area contributed by atoms with Crippen LogP contribution >= 0.6 is 0 Å². The Hall–Kier alpha value is -2.72. The number of rotatable bonds is 2. The summed E-state index contributed by atoms with van der Waals surface area (Å²) in [6.45, 7) is 0.0391. The van der Waals surface area contributed by atoms with Crippen LogP contribution in [0.3, 0.4) is 0 Å².